The van der Waals surface area contributed by atoms with Crippen molar-refractivity contribution in [3.05, 3.63) is 76.9 Å². The van der Waals surface area contributed by atoms with Crippen LogP contribution in [0.25, 0.3) is 5.57 Å². The first-order valence-electron chi connectivity index (χ1n) is 9.87. The van der Waals surface area contributed by atoms with E-state index in [1.165, 1.54) is 5.57 Å². The zero-order valence-corrected chi connectivity index (χ0v) is 16.1. The standard InChI is InChI=1S/C24H24N2O2/c1-17-19(15-25)9-5-12-23(17)20-13-21-10-6-11-22(14-20)26(21)24(27)28-16-18-7-3-2-4-8-18/h2-5,7-9,12-13,21-22H,6,10-11,14,16H2,1H3. The van der Waals surface area contributed by atoms with Gasteiger partial charge in [-0.2, -0.15) is 5.26 Å². The van der Waals surface area contributed by atoms with Crippen molar-refractivity contribution in [1.29, 1.82) is 5.26 Å². The summed E-state index contributed by atoms with van der Waals surface area (Å²) >= 11 is 0. The Bertz CT molecular complexity index is 943. The Morgan fingerprint density at radius 1 is 1.18 bits per heavy atom. The lowest BCUT2D eigenvalue weighted by Gasteiger charge is -2.44. The molecule has 0 aromatic heterocycles. The summed E-state index contributed by atoms with van der Waals surface area (Å²) in [5.74, 6) is 0. The van der Waals surface area contributed by atoms with Gasteiger partial charge in [-0.1, -0.05) is 48.5 Å². The molecule has 1 saturated heterocycles. The van der Waals surface area contributed by atoms with Crippen molar-refractivity contribution in [2.75, 3.05) is 0 Å². The zero-order valence-electron chi connectivity index (χ0n) is 16.1. The van der Waals surface area contributed by atoms with Gasteiger partial charge in [-0.25, -0.2) is 4.79 Å². The summed E-state index contributed by atoms with van der Waals surface area (Å²) < 4.78 is 5.62. The highest BCUT2D eigenvalue weighted by Crippen LogP contribution is 2.38. The van der Waals surface area contributed by atoms with Gasteiger partial charge in [0, 0.05) is 6.04 Å². The maximum Gasteiger partial charge on any atom is 0.410 e. The molecular weight excluding hydrogens is 348 g/mol. The minimum Gasteiger partial charge on any atom is -0.445 e. The molecule has 4 rings (SSSR count). The molecule has 4 heteroatoms. The molecule has 2 aliphatic rings. The van der Waals surface area contributed by atoms with Gasteiger partial charge in [-0.3, -0.25) is 4.90 Å². The smallest absolute Gasteiger partial charge is 0.410 e. The summed E-state index contributed by atoms with van der Waals surface area (Å²) in [5, 5.41) is 9.33. The van der Waals surface area contributed by atoms with Gasteiger partial charge in [-0.15, -0.1) is 0 Å². The fourth-order valence-corrected chi connectivity index (χ4v) is 4.41. The Hall–Kier alpha value is -3.06. The van der Waals surface area contributed by atoms with Crippen LogP contribution < -0.4 is 0 Å². The van der Waals surface area contributed by atoms with Crippen LogP contribution in [0.1, 0.15) is 47.9 Å². The molecule has 28 heavy (non-hydrogen) atoms. The first-order valence-corrected chi connectivity index (χ1v) is 9.87. The van der Waals surface area contributed by atoms with Gasteiger partial charge < -0.3 is 4.74 Å². The number of nitrogens with zero attached hydrogens (tertiary/aromatic N) is 2. The van der Waals surface area contributed by atoms with Gasteiger partial charge in [0.15, 0.2) is 0 Å². The quantitative estimate of drug-likeness (QED) is 0.743. The average molecular weight is 372 g/mol. The third kappa shape index (κ3) is 3.53. The molecule has 0 spiro atoms. The third-order valence-electron chi connectivity index (χ3n) is 5.85. The van der Waals surface area contributed by atoms with Crippen LogP contribution in [0.15, 0.2) is 54.6 Å². The van der Waals surface area contributed by atoms with Gasteiger partial charge in [0.1, 0.15) is 6.61 Å². The van der Waals surface area contributed by atoms with Gasteiger partial charge in [0.05, 0.1) is 17.7 Å². The predicted molar refractivity (Wildman–Crippen MR) is 108 cm³/mol. The lowest BCUT2D eigenvalue weighted by Crippen LogP contribution is -2.51. The van der Waals surface area contributed by atoms with E-state index in [0.717, 1.165) is 42.4 Å². The van der Waals surface area contributed by atoms with Crippen LogP contribution in [-0.2, 0) is 11.3 Å². The van der Waals surface area contributed by atoms with E-state index in [2.05, 4.69) is 18.2 Å². The van der Waals surface area contributed by atoms with E-state index in [9.17, 15) is 10.1 Å². The van der Waals surface area contributed by atoms with E-state index in [4.69, 9.17) is 4.74 Å². The molecule has 2 aromatic carbocycles. The van der Waals surface area contributed by atoms with Crippen molar-refractivity contribution in [2.24, 2.45) is 0 Å². The number of nitriles is 1. The summed E-state index contributed by atoms with van der Waals surface area (Å²) in [6.07, 6.45) is 5.87. The van der Waals surface area contributed by atoms with Crippen molar-refractivity contribution in [3.63, 3.8) is 0 Å². The molecule has 2 unspecified atom stereocenters. The van der Waals surface area contributed by atoms with Crippen LogP contribution >= 0.6 is 0 Å². The summed E-state index contributed by atoms with van der Waals surface area (Å²) in [4.78, 5) is 14.8. The molecule has 0 aliphatic carbocycles. The second-order valence-corrected chi connectivity index (χ2v) is 7.59. The number of benzene rings is 2. The second-order valence-electron chi connectivity index (χ2n) is 7.59. The summed E-state index contributed by atoms with van der Waals surface area (Å²) in [6, 6.07) is 18.2. The largest absolute Gasteiger partial charge is 0.445 e. The Labute approximate surface area is 166 Å². The number of carbonyl (C=O) groups excluding carboxylic acids is 1. The molecule has 1 fully saturated rings. The predicted octanol–water partition coefficient (Wildman–Crippen LogP) is 5.21. The van der Waals surface area contributed by atoms with Crippen molar-refractivity contribution < 1.29 is 9.53 Å². The maximum atomic E-state index is 12.8. The molecule has 2 heterocycles. The number of hydrogen-bond acceptors (Lipinski definition) is 3. The van der Waals surface area contributed by atoms with E-state index < -0.39 is 0 Å². The Morgan fingerprint density at radius 2 is 2.00 bits per heavy atom. The van der Waals surface area contributed by atoms with Gasteiger partial charge in [0.2, 0.25) is 0 Å². The zero-order chi connectivity index (χ0) is 19.5. The van der Waals surface area contributed by atoms with Crippen LogP contribution in [0.3, 0.4) is 0 Å². The highest BCUT2D eigenvalue weighted by molar-refractivity contribution is 5.76. The maximum absolute atomic E-state index is 12.8. The van der Waals surface area contributed by atoms with E-state index in [0.29, 0.717) is 12.2 Å². The molecule has 2 aromatic rings. The minimum absolute atomic E-state index is 0.0657. The normalized spacial score (nSPS) is 20.9. The van der Waals surface area contributed by atoms with E-state index in [1.54, 1.807) is 0 Å². The molecular formula is C24H24N2O2. The third-order valence-corrected chi connectivity index (χ3v) is 5.85. The van der Waals surface area contributed by atoms with Crippen LogP contribution in [0, 0.1) is 18.3 Å². The van der Waals surface area contributed by atoms with Crippen LogP contribution in [0.2, 0.25) is 0 Å². The summed E-state index contributed by atoms with van der Waals surface area (Å²) in [5.41, 5.74) is 5.12. The molecule has 2 atom stereocenters. The highest BCUT2D eigenvalue weighted by atomic mass is 16.6. The molecule has 2 bridgehead atoms. The van der Waals surface area contributed by atoms with Gasteiger partial charge in [-0.05, 0) is 60.9 Å². The number of ether oxygens (including phenoxy) is 1. The molecule has 0 saturated carbocycles. The molecule has 1 amide bonds. The van der Waals surface area contributed by atoms with Crippen LogP contribution in [-0.4, -0.2) is 23.1 Å². The lowest BCUT2D eigenvalue weighted by atomic mass is 9.81. The molecule has 0 radical (unpaired) electrons. The highest BCUT2D eigenvalue weighted by Gasteiger charge is 2.38. The van der Waals surface area contributed by atoms with E-state index in [1.807, 2.05) is 54.3 Å². The van der Waals surface area contributed by atoms with E-state index >= 15 is 0 Å². The van der Waals surface area contributed by atoms with Crippen LogP contribution in [0.5, 0.6) is 0 Å². The number of amides is 1. The fraction of sp³-hybridized carbons (Fsp3) is 0.333. The number of piperidine rings is 1. The number of hydrogen-bond donors (Lipinski definition) is 0. The average Bonchev–Trinajstić information content (AvgIpc) is 2.72. The van der Waals surface area contributed by atoms with Crippen molar-refractivity contribution >= 4 is 11.7 Å². The summed E-state index contributed by atoms with van der Waals surface area (Å²) in [7, 11) is 0. The second kappa shape index (κ2) is 7.90. The van der Waals surface area contributed by atoms with Crippen molar-refractivity contribution in [1.82, 2.24) is 4.90 Å². The number of fused-ring (bicyclic) bond motifs is 2. The molecule has 142 valence electrons. The number of carbonyl (C=O) groups is 1. The Kier molecular flexibility index (Phi) is 5.16. The Balaban J connectivity index is 1.55. The van der Waals surface area contributed by atoms with Gasteiger partial charge >= 0.3 is 6.09 Å². The van der Waals surface area contributed by atoms with Crippen molar-refractivity contribution in [2.45, 2.75) is 51.3 Å². The molecule has 2 aliphatic heterocycles. The summed E-state index contributed by atoms with van der Waals surface area (Å²) in [6.45, 7) is 2.31. The minimum atomic E-state index is -0.226. The van der Waals surface area contributed by atoms with Gasteiger partial charge in [0.25, 0.3) is 0 Å². The monoisotopic (exact) mass is 372 g/mol. The number of rotatable bonds is 3. The Morgan fingerprint density at radius 3 is 2.75 bits per heavy atom. The van der Waals surface area contributed by atoms with Crippen molar-refractivity contribution in [3.8, 4) is 6.07 Å². The SMILES string of the molecule is Cc1c(C#N)cccc1C1=CC2CCCC(C1)N2C(=O)OCc1ccccc1. The first-order chi connectivity index (χ1) is 13.7. The first kappa shape index (κ1) is 18.3. The van der Waals surface area contributed by atoms with E-state index in [-0.39, 0.29) is 18.2 Å². The fourth-order valence-electron chi connectivity index (χ4n) is 4.41. The lowest BCUT2D eigenvalue weighted by molar-refractivity contribution is 0.0510. The topological polar surface area (TPSA) is 53.3 Å². The molecule has 4 nitrogen and oxygen atoms in total. The van der Waals surface area contributed by atoms with Crippen LogP contribution in [0.4, 0.5) is 4.79 Å². The molecule has 0 N–H and O–H groups in total.